The monoisotopic (exact) mass is 429 g/mol. The van der Waals surface area contributed by atoms with Gasteiger partial charge in [-0.25, -0.2) is 0 Å². The zero-order valence-electron chi connectivity index (χ0n) is 10.6. The van der Waals surface area contributed by atoms with Gasteiger partial charge in [0.15, 0.2) is 0 Å². The van der Waals surface area contributed by atoms with E-state index in [0.717, 1.165) is 19.3 Å². The second-order valence-electron chi connectivity index (χ2n) is 4.44. The lowest BCUT2D eigenvalue weighted by atomic mass is 10.1. The van der Waals surface area contributed by atoms with Crippen molar-refractivity contribution in [1.29, 1.82) is 0 Å². The second kappa shape index (κ2) is 6.05. The normalized spacial score (nSPS) is 10.3. The predicted octanol–water partition coefficient (Wildman–Crippen LogP) is 4.92. The number of anilines is 1. The Hall–Kier alpha value is -0.880. The van der Waals surface area contributed by atoms with E-state index >= 15 is 0 Å². The predicted molar refractivity (Wildman–Crippen MR) is 90.7 cm³/mol. The Morgan fingerprint density at radius 3 is 2.53 bits per heavy atom. The van der Waals surface area contributed by atoms with Gasteiger partial charge in [0.05, 0.1) is 0 Å². The number of hydrogen-bond donors (Lipinski definition) is 1. The van der Waals surface area contributed by atoms with E-state index in [1.807, 2.05) is 50.2 Å². The highest BCUT2D eigenvalue weighted by Gasteiger charge is 2.08. The highest BCUT2D eigenvalue weighted by Crippen LogP contribution is 2.19. The van der Waals surface area contributed by atoms with Gasteiger partial charge < -0.3 is 5.32 Å². The van der Waals surface area contributed by atoms with Crippen LogP contribution in [0.1, 0.15) is 21.5 Å². The summed E-state index contributed by atoms with van der Waals surface area (Å²) in [6.07, 6.45) is 0. The molecule has 4 heteroatoms. The Morgan fingerprint density at radius 1 is 1.16 bits per heavy atom. The van der Waals surface area contributed by atoms with Gasteiger partial charge in [-0.05, 0) is 77.9 Å². The summed E-state index contributed by atoms with van der Waals surface area (Å²) in [6, 6.07) is 11.6. The number of aryl methyl sites for hydroxylation is 2. The van der Waals surface area contributed by atoms with Crippen LogP contribution < -0.4 is 5.32 Å². The molecule has 0 heterocycles. The van der Waals surface area contributed by atoms with Gasteiger partial charge in [-0.1, -0.05) is 22.0 Å². The molecule has 0 fully saturated rings. The molecule has 19 heavy (non-hydrogen) atoms. The van der Waals surface area contributed by atoms with E-state index in [1.165, 1.54) is 5.56 Å². The van der Waals surface area contributed by atoms with Gasteiger partial charge in [0, 0.05) is 19.3 Å². The van der Waals surface area contributed by atoms with Crippen LogP contribution in [-0.4, -0.2) is 5.91 Å². The lowest BCUT2D eigenvalue weighted by Crippen LogP contribution is -2.12. The summed E-state index contributed by atoms with van der Waals surface area (Å²) in [6.45, 7) is 4.02. The first-order chi connectivity index (χ1) is 8.95. The molecular formula is C15H13BrINO. The topological polar surface area (TPSA) is 29.1 Å². The summed E-state index contributed by atoms with van der Waals surface area (Å²) in [7, 11) is 0. The number of rotatable bonds is 2. The van der Waals surface area contributed by atoms with E-state index in [4.69, 9.17) is 0 Å². The maximum absolute atomic E-state index is 12.2. The molecule has 0 bridgehead atoms. The SMILES string of the molecule is Cc1cc(Br)cc(C(=O)Nc2ccc(C)c(I)c2)c1. The van der Waals surface area contributed by atoms with Crippen molar-refractivity contribution in [3.05, 3.63) is 61.1 Å². The number of carbonyl (C=O) groups is 1. The van der Waals surface area contributed by atoms with Gasteiger partial charge in [0.25, 0.3) is 5.91 Å². The summed E-state index contributed by atoms with van der Waals surface area (Å²) in [4.78, 5) is 12.2. The van der Waals surface area contributed by atoms with Crippen molar-refractivity contribution in [3.8, 4) is 0 Å². The van der Waals surface area contributed by atoms with Crippen molar-refractivity contribution < 1.29 is 4.79 Å². The molecule has 2 aromatic carbocycles. The average molecular weight is 430 g/mol. The van der Waals surface area contributed by atoms with E-state index in [0.29, 0.717) is 5.56 Å². The highest BCUT2D eigenvalue weighted by molar-refractivity contribution is 14.1. The van der Waals surface area contributed by atoms with Gasteiger partial charge in [-0.2, -0.15) is 0 Å². The number of nitrogens with one attached hydrogen (secondary N) is 1. The minimum atomic E-state index is -0.0935. The molecule has 2 rings (SSSR count). The smallest absolute Gasteiger partial charge is 0.255 e. The molecule has 0 saturated heterocycles. The van der Waals surface area contributed by atoms with Crippen LogP contribution in [-0.2, 0) is 0 Å². The van der Waals surface area contributed by atoms with E-state index < -0.39 is 0 Å². The fourth-order valence-corrected chi connectivity index (χ4v) is 2.86. The van der Waals surface area contributed by atoms with Crippen molar-refractivity contribution in [2.45, 2.75) is 13.8 Å². The third-order valence-electron chi connectivity index (χ3n) is 2.73. The molecule has 1 N–H and O–H groups in total. The van der Waals surface area contributed by atoms with E-state index in [-0.39, 0.29) is 5.91 Å². The van der Waals surface area contributed by atoms with Crippen LogP contribution in [0.3, 0.4) is 0 Å². The Morgan fingerprint density at radius 2 is 1.89 bits per heavy atom. The van der Waals surface area contributed by atoms with Crippen LogP contribution in [0.5, 0.6) is 0 Å². The number of hydrogen-bond acceptors (Lipinski definition) is 1. The molecular weight excluding hydrogens is 417 g/mol. The van der Waals surface area contributed by atoms with Crippen molar-refractivity contribution in [2.24, 2.45) is 0 Å². The Balaban J connectivity index is 2.22. The van der Waals surface area contributed by atoms with Gasteiger partial charge in [-0.15, -0.1) is 0 Å². The summed E-state index contributed by atoms with van der Waals surface area (Å²) < 4.78 is 2.05. The third-order valence-corrected chi connectivity index (χ3v) is 4.35. The molecule has 0 aromatic heterocycles. The quantitative estimate of drug-likeness (QED) is 0.674. The summed E-state index contributed by atoms with van der Waals surface area (Å²) in [5.74, 6) is -0.0935. The first-order valence-corrected chi connectivity index (χ1v) is 7.67. The van der Waals surface area contributed by atoms with Crippen LogP contribution in [0, 0.1) is 17.4 Å². The van der Waals surface area contributed by atoms with Crippen LogP contribution in [0.25, 0.3) is 0 Å². The molecule has 2 aromatic rings. The van der Waals surface area contributed by atoms with Crippen molar-refractivity contribution >= 4 is 50.1 Å². The van der Waals surface area contributed by atoms with E-state index in [2.05, 4.69) is 43.8 Å². The molecule has 0 saturated carbocycles. The summed E-state index contributed by atoms with van der Waals surface area (Å²) >= 11 is 5.67. The van der Waals surface area contributed by atoms with E-state index in [9.17, 15) is 4.79 Å². The number of amides is 1. The number of benzene rings is 2. The van der Waals surface area contributed by atoms with Crippen LogP contribution in [0.4, 0.5) is 5.69 Å². The first kappa shape index (κ1) is 14.5. The average Bonchev–Trinajstić information content (AvgIpc) is 2.32. The van der Waals surface area contributed by atoms with E-state index in [1.54, 1.807) is 0 Å². The molecule has 0 unspecified atom stereocenters. The fraction of sp³-hybridized carbons (Fsp3) is 0.133. The van der Waals surface area contributed by atoms with Gasteiger partial charge in [0.1, 0.15) is 0 Å². The Labute approximate surface area is 134 Å². The molecule has 0 aliphatic carbocycles. The summed E-state index contributed by atoms with van der Waals surface area (Å²) in [5.41, 5.74) is 3.73. The van der Waals surface area contributed by atoms with Gasteiger partial charge in [0.2, 0.25) is 0 Å². The molecule has 0 aliphatic heterocycles. The van der Waals surface area contributed by atoms with Crippen LogP contribution in [0.2, 0.25) is 0 Å². The highest BCUT2D eigenvalue weighted by atomic mass is 127. The zero-order valence-corrected chi connectivity index (χ0v) is 14.4. The Kier molecular flexibility index (Phi) is 4.62. The minimum Gasteiger partial charge on any atom is -0.322 e. The Bertz CT molecular complexity index is 620. The fourth-order valence-electron chi connectivity index (χ4n) is 1.74. The largest absolute Gasteiger partial charge is 0.322 e. The third kappa shape index (κ3) is 3.79. The van der Waals surface area contributed by atoms with Crippen molar-refractivity contribution in [3.63, 3.8) is 0 Å². The van der Waals surface area contributed by atoms with Crippen LogP contribution >= 0.6 is 38.5 Å². The molecule has 98 valence electrons. The first-order valence-electron chi connectivity index (χ1n) is 5.80. The van der Waals surface area contributed by atoms with Gasteiger partial charge >= 0.3 is 0 Å². The number of carbonyl (C=O) groups excluding carboxylic acids is 1. The lowest BCUT2D eigenvalue weighted by molar-refractivity contribution is 0.102. The molecule has 2 nitrogen and oxygen atoms in total. The standard InChI is InChI=1S/C15H13BrINO/c1-9-5-11(7-12(16)6-9)15(19)18-13-4-3-10(2)14(17)8-13/h3-8H,1-2H3,(H,18,19). The molecule has 0 radical (unpaired) electrons. The van der Waals surface area contributed by atoms with Crippen molar-refractivity contribution in [2.75, 3.05) is 5.32 Å². The minimum absolute atomic E-state index is 0.0935. The molecule has 0 spiro atoms. The number of halogens is 2. The molecule has 1 amide bonds. The second-order valence-corrected chi connectivity index (χ2v) is 6.51. The summed E-state index contributed by atoms with van der Waals surface area (Å²) in [5, 5.41) is 2.92. The van der Waals surface area contributed by atoms with Crippen molar-refractivity contribution in [1.82, 2.24) is 0 Å². The molecule has 0 aliphatic rings. The molecule has 0 atom stereocenters. The van der Waals surface area contributed by atoms with Crippen LogP contribution in [0.15, 0.2) is 40.9 Å². The lowest BCUT2D eigenvalue weighted by Gasteiger charge is -2.08. The maximum Gasteiger partial charge on any atom is 0.255 e. The maximum atomic E-state index is 12.2. The van der Waals surface area contributed by atoms with Gasteiger partial charge in [-0.3, -0.25) is 4.79 Å². The zero-order chi connectivity index (χ0) is 14.0.